The van der Waals surface area contributed by atoms with Gasteiger partial charge in [0.25, 0.3) is 0 Å². The zero-order valence-electron chi connectivity index (χ0n) is 20.7. The Labute approximate surface area is 222 Å². The Morgan fingerprint density at radius 1 is 0.923 bits per heavy atom. The molecule has 1 aliphatic carbocycles. The van der Waals surface area contributed by atoms with Crippen molar-refractivity contribution in [2.45, 2.75) is 49.2 Å². The largest absolute Gasteiger partial charge is 0.394 e. The van der Waals surface area contributed by atoms with Crippen LogP contribution in [0.4, 0.5) is 5.82 Å². The molecular weight excluding hydrogens is 502 g/mol. The molecule has 0 unspecified atom stereocenters. The first kappa shape index (κ1) is 24.3. The Morgan fingerprint density at radius 3 is 2.54 bits per heavy atom. The first-order chi connectivity index (χ1) is 19.0. The number of benzene rings is 3. The van der Waals surface area contributed by atoms with Crippen LogP contribution in [-0.4, -0.2) is 76.1 Å². The van der Waals surface area contributed by atoms with Gasteiger partial charge in [0.1, 0.15) is 37.0 Å². The quantitative estimate of drug-likeness (QED) is 0.189. The summed E-state index contributed by atoms with van der Waals surface area (Å²) >= 11 is 0. The van der Waals surface area contributed by atoms with Gasteiger partial charge in [0.05, 0.1) is 25.1 Å². The minimum absolute atomic E-state index is 0.265. The van der Waals surface area contributed by atoms with Gasteiger partial charge in [-0.1, -0.05) is 48.5 Å². The number of imidazole rings is 1. The molecule has 5 aromatic rings. The summed E-state index contributed by atoms with van der Waals surface area (Å²) < 4.78 is 7.46. The topological polar surface area (TPSA) is 166 Å². The number of aromatic nitrogens is 4. The molecule has 11 nitrogen and oxygen atoms in total. The number of rotatable bonds is 4. The zero-order chi connectivity index (χ0) is 26.8. The molecule has 39 heavy (non-hydrogen) atoms. The highest BCUT2D eigenvalue weighted by molar-refractivity contribution is 6.10. The van der Waals surface area contributed by atoms with Crippen molar-refractivity contribution in [1.29, 1.82) is 0 Å². The molecule has 0 spiro atoms. The van der Waals surface area contributed by atoms with Crippen molar-refractivity contribution in [1.82, 2.24) is 19.5 Å². The molecule has 3 heterocycles. The van der Waals surface area contributed by atoms with Gasteiger partial charge >= 0.3 is 0 Å². The lowest BCUT2D eigenvalue weighted by Gasteiger charge is -2.38. The van der Waals surface area contributed by atoms with Crippen molar-refractivity contribution in [3.05, 3.63) is 72.3 Å². The normalized spacial score (nSPS) is 28.8. The summed E-state index contributed by atoms with van der Waals surface area (Å²) in [5.74, 6) is 0.326. The molecule has 0 bridgehead atoms. The van der Waals surface area contributed by atoms with Crippen LogP contribution in [-0.2, 0) is 4.74 Å². The Balaban J connectivity index is 1.36. The van der Waals surface area contributed by atoms with Gasteiger partial charge in [0.15, 0.2) is 17.0 Å². The van der Waals surface area contributed by atoms with Crippen LogP contribution < -0.4 is 5.32 Å². The molecule has 1 saturated heterocycles. The first-order valence-corrected chi connectivity index (χ1v) is 12.8. The first-order valence-electron chi connectivity index (χ1n) is 12.8. The molecule has 0 radical (unpaired) electrons. The van der Waals surface area contributed by atoms with Gasteiger partial charge in [-0.15, -0.1) is 0 Å². The van der Waals surface area contributed by atoms with Gasteiger partial charge in [0.2, 0.25) is 0 Å². The maximum atomic E-state index is 11.3. The van der Waals surface area contributed by atoms with Crippen molar-refractivity contribution in [2.75, 3.05) is 11.9 Å². The van der Waals surface area contributed by atoms with Crippen LogP contribution in [0.15, 0.2) is 61.2 Å². The van der Waals surface area contributed by atoms with E-state index in [4.69, 9.17) is 4.74 Å². The third kappa shape index (κ3) is 3.70. The second kappa shape index (κ2) is 9.19. The Morgan fingerprint density at radius 2 is 1.72 bits per heavy atom. The number of hydrogen-bond acceptors (Lipinski definition) is 10. The van der Waals surface area contributed by atoms with Gasteiger partial charge < -0.3 is 35.6 Å². The number of anilines is 1. The summed E-state index contributed by atoms with van der Waals surface area (Å²) in [6.45, 7) is -0.304. The number of ether oxygens (including phenoxy) is 1. The molecule has 7 atom stereocenters. The van der Waals surface area contributed by atoms with Gasteiger partial charge in [-0.3, -0.25) is 4.57 Å². The monoisotopic (exact) mass is 529 g/mol. The average molecular weight is 530 g/mol. The highest BCUT2D eigenvalue weighted by Crippen LogP contribution is 2.44. The highest BCUT2D eigenvalue weighted by atomic mass is 16.5. The fraction of sp³-hybridized carbons (Fsp3) is 0.321. The van der Waals surface area contributed by atoms with Crippen LogP contribution in [0.5, 0.6) is 0 Å². The number of nitrogens with zero attached hydrogens (tertiary/aromatic N) is 4. The summed E-state index contributed by atoms with van der Waals surface area (Å²) in [6.07, 6.45) is -2.99. The Kier molecular flexibility index (Phi) is 5.74. The Hall–Kier alpha value is -3.71. The number of aliphatic hydroxyl groups is 5. The van der Waals surface area contributed by atoms with E-state index in [0.29, 0.717) is 28.1 Å². The van der Waals surface area contributed by atoms with Crippen LogP contribution in [0.1, 0.15) is 35.9 Å². The third-order valence-corrected chi connectivity index (χ3v) is 7.97. The fourth-order valence-corrected chi connectivity index (χ4v) is 6.00. The van der Waals surface area contributed by atoms with E-state index >= 15 is 0 Å². The molecule has 2 aromatic heterocycles. The zero-order valence-corrected chi connectivity index (χ0v) is 20.7. The standard InChI is InChI=1S/C28H27N5O6/c34-10-18-17(35)9-19(39-18)33-12-31-23-27(29-11-30-28(23)33)32-22-21-16(24(36)26(38)25(22)37)8-7-14-6-5-13-3-1-2-4-15(13)20(14)21/h1-8,11-12,17-19,22,24-26,34-38H,9-10H2,(H,29,30,32)/t17-,18+,19+,22+,24-,25-,26+/m0/s1. The molecule has 2 aliphatic rings. The van der Waals surface area contributed by atoms with Crippen LogP contribution in [0.25, 0.3) is 32.7 Å². The molecule has 1 fully saturated rings. The van der Waals surface area contributed by atoms with Gasteiger partial charge in [-0.05, 0) is 32.7 Å². The maximum Gasteiger partial charge on any atom is 0.167 e. The number of hydrogen-bond donors (Lipinski definition) is 6. The van der Waals surface area contributed by atoms with Crippen LogP contribution >= 0.6 is 0 Å². The maximum absolute atomic E-state index is 11.3. The van der Waals surface area contributed by atoms with E-state index in [1.54, 1.807) is 10.6 Å². The predicted molar refractivity (Wildman–Crippen MR) is 142 cm³/mol. The molecule has 0 amide bonds. The second-order valence-corrected chi connectivity index (χ2v) is 10.2. The van der Waals surface area contributed by atoms with E-state index in [1.807, 2.05) is 42.5 Å². The summed E-state index contributed by atoms with van der Waals surface area (Å²) in [6, 6.07) is 14.8. The molecule has 6 N–H and O–H groups in total. The molecule has 200 valence electrons. The predicted octanol–water partition coefficient (Wildman–Crippen LogP) is 1.70. The van der Waals surface area contributed by atoms with Crippen molar-refractivity contribution in [3.63, 3.8) is 0 Å². The summed E-state index contributed by atoms with van der Waals surface area (Å²) in [4.78, 5) is 13.3. The SMILES string of the molecule is OC[C@H]1O[C@@H](n2cnc3c(N[C@@H]4c5c(ccc6ccc7ccccc7c56)[C@H](O)[C@@H](O)[C@H]4O)ncnc32)C[C@@H]1O. The molecule has 0 saturated carbocycles. The molecule has 3 aromatic carbocycles. The lowest BCUT2D eigenvalue weighted by Crippen LogP contribution is -2.44. The number of aliphatic hydroxyl groups excluding tert-OH is 5. The lowest BCUT2D eigenvalue weighted by molar-refractivity contribution is -0.0766. The average Bonchev–Trinajstić information content (AvgIpc) is 3.56. The summed E-state index contributed by atoms with van der Waals surface area (Å²) in [7, 11) is 0. The van der Waals surface area contributed by atoms with E-state index in [2.05, 4.69) is 20.3 Å². The highest BCUT2D eigenvalue weighted by Gasteiger charge is 2.42. The fourth-order valence-electron chi connectivity index (χ4n) is 6.00. The van der Waals surface area contributed by atoms with Crippen LogP contribution in [0.3, 0.4) is 0 Å². The molecular formula is C28H27N5O6. The van der Waals surface area contributed by atoms with Crippen molar-refractivity contribution < 1.29 is 30.3 Å². The van der Waals surface area contributed by atoms with E-state index in [9.17, 15) is 25.5 Å². The Bertz CT molecular complexity index is 1710. The van der Waals surface area contributed by atoms with Crippen molar-refractivity contribution in [3.8, 4) is 0 Å². The summed E-state index contributed by atoms with van der Waals surface area (Å²) in [5.41, 5.74) is 2.04. The van der Waals surface area contributed by atoms with Gasteiger partial charge in [-0.25, -0.2) is 15.0 Å². The smallest absolute Gasteiger partial charge is 0.167 e. The van der Waals surface area contributed by atoms with Crippen molar-refractivity contribution in [2.24, 2.45) is 0 Å². The minimum atomic E-state index is -1.43. The molecule has 7 rings (SSSR count). The minimum Gasteiger partial charge on any atom is -0.394 e. The summed E-state index contributed by atoms with van der Waals surface area (Å²) in [5, 5.41) is 59.8. The van der Waals surface area contributed by atoms with Crippen molar-refractivity contribution >= 4 is 38.5 Å². The number of nitrogens with one attached hydrogen (secondary N) is 1. The van der Waals surface area contributed by atoms with Crippen LogP contribution in [0, 0.1) is 0 Å². The van der Waals surface area contributed by atoms with Gasteiger partial charge in [0, 0.05) is 6.42 Å². The lowest BCUT2D eigenvalue weighted by atomic mass is 9.78. The van der Waals surface area contributed by atoms with E-state index in [0.717, 1.165) is 21.5 Å². The van der Waals surface area contributed by atoms with Crippen LogP contribution in [0.2, 0.25) is 0 Å². The molecule has 1 aliphatic heterocycles. The molecule has 11 heteroatoms. The van der Waals surface area contributed by atoms with E-state index in [1.165, 1.54) is 12.7 Å². The van der Waals surface area contributed by atoms with Gasteiger partial charge in [-0.2, -0.15) is 0 Å². The van der Waals surface area contributed by atoms with E-state index in [-0.39, 0.29) is 13.0 Å². The number of fused-ring (bicyclic) bond motifs is 6. The third-order valence-electron chi connectivity index (χ3n) is 7.97. The second-order valence-electron chi connectivity index (χ2n) is 10.2. The van der Waals surface area contributed by atoms with E-state index < -0.39 is 42.8 Å².